The van der Waals surface area contributed by atoms with Gasteiger partial charge in [-0.15, -0.1) is 0 Å². The molecule has 3 nitrogen and oxygen atoms in total. The minimum absolute atomic E-state index is 0.222. The molecule has 0 saturated heterocycles. The van der Waals surface area contributed by atoms with Crippen LogP contribution in [-0.2, 0) is 19.5 Å². The standard InChI is InChI=1S/C16H20FN3/c1-3-20-8-7-15-13(10-20)12(9-18-2)11-5-4-6-14(17)16(11)19-15/h4-6,18H,3,7-10H2,1-2H3. The maximum Gasteiger partial charge on any atom is 0.149 e. The third kappa shape index (κ3) is 2.19. The number of hydrogen-bond donors (Lipinski definition) is 1. The molecule has 0 spiro atoms. The summed E-state index contributed by atoms with van der Waals surface area (Å²) in [6.07, 6.45) is 0.907. The van der Waals surface area contributed by atoms with Crippen molar-refractivity contribution in [3.63, 3.8) is 0 Å². The summed E-state index contributed by atoms with van der Waals surface area (Å²) in [5.41, 5.74) is 4.06. The number of rotatable bonds is 3. The Bertz CT molecular complexity index is 639. The highest BCUT2D eigenvalue weighted by atomic mass is 19.1. The predicted octanol–water partition coefficient (Wildman–Crippen LogP) is 2.47. The van der Waals surface area contributed by atoms with Gasteiger partial charge in [0.15, 0.2) is 0 Å². The fourth-order valence-electron chi connectivity index (χ4n) is 3.02. The van der Waals surface area contributed by atoms with Gasteiger partial charge in [-0.1, -0.05) is 19.1 Å². The average Bonchev–Trinajstić information content (AvgIpc) is 2.48. The van der Waals surface area contributed by atoms with Crippen LogP contribution in [0.15, 0.2) is 18.2 Å². The van der Waals surface area contributed by atoms with E-state index >= 15 is 0 Å². The van der Waals surface area contributed by atoms with Crippen molar-refractivity contribution in [2.75, 3.05) is 20.1 Å². The van der Waals surface area contributed by atoms with Crippen LogP contribution in [0.4, 0.5) is 4.39 Å². The Morgan fingerprint density at radius 2 is 2.25 bits per heavy atom. The van der Waals surface area contributed by atoms with Gasteiger partial charge in [-0.2, -0.15) is 0 Å². The van der Waals surface area contributed by atoms with Crippen LogP contribution in [-0.4, -0.2) is 30.0 Å². The van der Waals surface area contributed by atoms with Crippen LogP contribution < -0.4 is 5.32 Å². The SMILES string of the molecule is CCN1CCc2nc3c(F)cccc3c(CNC)c2C1. The van der Waals surface area contributed by atoms with E-state index < -0.39 is 0 Å². The molecule has 0 unspecified atom stereocenters. The lowest BCUT2D eigenvalue weighted by Gasteiger charge is -2.29. The first-order chi connectivity index (χ1) is 9.74. The van der Waals surface area contributed by atoms with E-state index in [-0.39, 0.29) is 5.82 Å². The Morgan fingerprint density at radius 3 is 3.00 bits per heavy atom. The van der Waals surface area contributed by atoms with Gasteiger partial charge < -0.3 is 5.32 Å². The summed E-state index contributed by atoms with van der Waals surface area (Å²) in [6.45, 7) is 5.90. The van der Waals surface area contributed by atoms with E-state index in [0.717, 1.165) is 43.7 Å². The molecular weight excluding hydrogens is 253 g/mol. The molecule has 0 atom stereocenters. The Kier molecular flexibility index (Phi) is 3.68. The molecule has 1 aliphatic heterocycles. The first-order valence-electron chi connectivity index (χ1n) is 7.20. The summed E-state index contributed by atoms with van der Waals surface area (Å²) in [7, 11) is 1.93. The minimum atomic E-state index is -0.222. The molecule has 3 rings (SSSR count). The smallest absolute Gasteiger partial charge is 0.149 e. The van der Waals surface area contributed by atoms with Crippen molar-refractivity contribution >= 4 is 10.9 Å². The lowest BCUT2D eigenvalue weighted by molar-refractivity contribution is 0.265. The molecule has 1 N–H and O–H groups in total. The number of likely N-dealkylation sites (N-methyl/N-ethyl adjacent to an activating group) is 1. The average molecular weight is 273 g/mol. The van der Waals surface area contributed by atoms with E-state index in [1.54, 1.807) is 6.07 Å². The van der Waals surface area contributed by atoms with Crippen molar-refractivity contribution in [1.82, 2.24) is 15.2 Å². The molecule has 1 aliphatic rings. The highest BCUT2D eigenvalue weighted by Gasteiger charge is 2.22. The molecule has 1 aromatic carbocycles. The minimum Gasteiger partial charge on any atom is -0.316 e. The molecule has 4 heteroatoms. The normalized spacial score (nSPS) is 15.6. The quantitative estimate of drug-likeness (QED) is 0.931. The highest BCUT2D eigenvalue weighted by Crippen LogP contribution is 2.29. The summed E-state index contributed by atoms with van der Waals surface area (Å²) in [5, 5.41) is 4.15. The summed E-state index contributed by atoms with van der Waals surface area (Å²) >= 11 is 0. The molecule has 106 valence electrons. The number of halogens is 1. The molecule has 2 heterocycles. The van der Waals surface area contributed by atoms with Crippen LogP contribution >= 0.6 is 0 Å². The van der Waals surface area contributed by atoms with Gasteiger partial charge in [-0.25, -0.2) is 9.37 Å². The first-order valence-corrected chi connectivity index (χ1v) is 7.20. The number of aromatic nitrogens is 1. The van der Waals surface area contributed by atoms with E-state index in [9.17, 15) is 4.39 Å². The van der Waals surface area contributed by atoms with Crippen LogP contribution in [0.3, 0.4) is 0 Å². The van der Waals surface area contributed by atoms with Gasteiger partial charge in [0.25, 0.3) is 0 Å². The summed E-state index contributed by atoms with van der Waals surface area (Å²) in [6, 6.07) is 5.24. The predicted molar refractivity (Wildman–Crippen MR) is 79.1 cm³/mol. The summed E-state index contributed by atoms with van der Waals surface area (Å²) < 4.78 is 14.0. The van der Waals surface area contributed by atoms with Gasteiger partial charge in [0.1, 0.15) is 11.3 Å². The molecule has 20 heavy (non-hydrogen) atoms. The fraction of sp³-hybridized carbons (Fsp3) is 0.438. The molecule has 0 aliphatic carbocycles. The van der Waals surface area contributed by atoms with Gasteiger partial charge in [-0.3, -0.25) is 4.90 Å². The van der Waals surface area contributed by atoms with Crippen LogP contribution in [0, 0.1) is 5.82 Å². The molecule has 0 saturated carbocycles. The zero-order valence-corrected chi connectivity index (χ0v) is 12.0. The largest absolute Gasteiger partial charge is 0.316 e. The first kappa shape index (κ1) is 13.5. The molecule has 2 aromatic rings. The summed E-state index contributed by atoms with van der Waals surface area (Å²) in [5.74, 6) is -0.222. The van der Waals surface area contributed by atoms with E-state index in [0.29, 0.717) is 5.52 Å². The van der Waals surface area contributed by atoms with Gasteiger partial charge in [-0.05, 0) is 30.8 Å². The van der Waals surface area contributed by atoms with Crippen molar-refractivity contribution in [2.24, 2.45) is 0 Å². The van der Waals surface area contributed by atoms with E-state index in [1.165, 1.54) is 17.2 Å². The number of nitrogens with one attached hydrogen (secondary N) is 1. The van der Waals surface area contributed by atoms with E-state index in [4.69, 9.17) is 0 Å². The third-order valence-corrected chi connectivity index (χ3v) is 4.12. The molecule has 0 amide bonds. The third-order valence-electron chi connectivity index (χ3n) is 4.12. The van der Waals surface area contributed by atoms with Crippen LogP contribution in [0.5, 0.6) is 0 Å². The Hall–Kier alpha value is -1.52. The molecule has 0 radical (unpaired) electrons. The second kappa shape index (κ2) is 5.46. The second-order valence-electron chi connectivity index (χ2n) is 5.30. The van der Waals surface area contributed by atoms with Crippen molar-refractivity contribution in [3.8, 4) is 0 Å². The highest BCUT2D eigenvalue weighted by molar-refractivity contribution is 5.84. The zero-order valence-electron chi connectivity index (χ0n) is 12.0. The number of pyridine rings is 1. The number of hydrogen-bond acceptors (Lipinski definition) is 3. The molecule has 1 aromatic heterocycles. The number of para-hydroxylation sites is 1. The Balaban J connectivity index is 2.23. The second-order valence-corrected chi connectivity index (χ2v) is 5.30. The van der Waals surface area contributed by atoms with Gasteiger partial charge >= 0.3 is 0 Å². The maximum atomic E-state index is 14.0. The maximum absolute atomic E-state index is 14.0. The number of nitrogens with zero attached hydrogens (tertiary/aromatic N) is 2. The van der Waals surface area contributed by atoms with Crippen LogP contribution in [0.2, 0.25) is 0 Å². The zero-order chi connectivity index (χ0) is 14.1. The number of fused-ring (bicyclic) bond motifs is 2. The lowest BCUT2D eigenvalue weighted by Crippen LogP contribution is -2.32. The van der Waals surface area contributed by atoms with Crippen LogP contribution in [0.1, 0.15) is 23.7 Å². The van der Waals surface area contributed by atoms with E-state index in [1.807, 2.05) is 13.1 Å². The number of benzene rings is 1. The fourth-order valence-corrected chi connectivity index (χ4v) is 3.02. The monoisotopic (exact) mass is 273 g/mol. The van der Waals surface area contributed by atoms with Gasteiger partial charge in [0.05, 0.1) is 0 Å². The summed E-state index contributed by atoms with van der Waals surface area (Å²) in [4.78, 5) is 7.01. The van der Waals surface area contributed by atoms with Crippen LogP contribution in [0.25, 0.3) is 10.9 Å². The Labute approximate surface area is 118 Å². The molecular formula is C16H20FN3. The lowest BCUT2D eigenvalue weighted by atomic mass is 9.95. The van der Waals surface area contributed by atoms with Crippen molar-refractivity contribution in [3.05, 3.63) is 40.8 Å². The van der Waals surface area contributed by atoms with Crippen molar-refractivity contribution in [1.29, 1.82) is 0 Å². The van der Waals surface area contributed by atoms with Crippen molar-refractivity contribution < 1.29 is 4.39 Å². The van der Waals surface area contributed by atoms with Gasteiger partial charge in [0, 0.05) is 37.1 Å². The van der Waals surface area contributed by atoms with Gasteiger partial charge in [0.2, 0.25) is 0 Å². The Morgan fingerprint density at radius 1 is 1.40 bits per heavy atom. The molecule has 0 fully saturated rings. The van der Waals surface area contributed by atoms with Crippen molar-refractivity contribution in [2.45, 2.75) is 26.4 Å². The van der Waals surface area contributed by atoms with E-state index in [2.05, 4.69) is 22.1 Å². The topological polar surface area (TPSA) is 28.2 Å². The molecule has 0 bridgehead atoms.